The van der Waals surface area contributed by atoms with Crippen LogP contribution in [0.15, 0.2) is 77.7 Å². The Morgan fingerprint density at radius 1 is 0.974 bits per heavy atom. The van der Waals surface area contributed by atoms with Gasteiger partial charge in [-0.1, -0.05) is 48.4 Å². The van der Waals surface area contributed by atoms with E-state index in [9.17, 15) is 18.0 Å². The van der Waals surface area contributed by atoms with Gasteiger partial charge in [0, 0.05) is 18.6 Å². The Balaban J connectivity index is 2.03. The van der Waals surface area contributed by atoms with Gasteiger partial charge in [-0.05, 0) is 67.4 Å². The fourth-order valence-corrected chi connectivity index (χ4v) is 5.53. The zero-order chi connectivity index (χ0) is 27.9. The molecule has 0 saturated carbocycles. The summed E-state index contributed by atoms with van der Waals surface area (Å²) < 4.78 is 33.8. The maximum atomic E-state index is 13.9. The van der Waals surface area contributed by atoms with Crippen molar-refractivity contribution < 1.29 is 22.7 Å². The van der Waals surface area contributed by atoms with Crippen molar-refractivity contribution >= 4 is 39.1 Å². The number of nitrogens with zero attached hydrogens (tertiary/aromatic N) is 2. The minimum atomic E-state index is -4.13. The van der Waals surface area contributed by atoms with E-state index in [0.29, 0.717) is 17.2 Å². The molecule has 202 valence electrons. The van der Waals surface area contributed by atoms with Crippen molar-refractivity contribution in [2.24, 2.45) is 0 Å². The molecule has 0 saturated heterocycles. The number of carbonyl (C=O) groups excluding carboxylic acids is 2. The van der Waals surface area contributed by atoms with Gasteiger partial charge in [0.1, 0.15) is 18.3 Å². The molecule has 0 heterocycles. The standard InChI is InChI=1S/C28H32ClN3O5S/c1-5-26(28(34)30-3)31(18-21-8-14-24(37-4)15-9-21)27(33)19-32(23-12-10-22(29)11-13-23)38(35,36)25-16-6-20(2)7-17-25/h6-17,26H,5,18-19H2,1-4H3,(H,30,34)/t26-/m1/s1. The molecule has 0 aliphatic carbocycles. The number of likely N-dealkylation sites (N-methyl/N-ethyl adjacent to an activating group) is 1. The molecule has 1 atom stereocenters. The molecule has 0 aromatic heterocycles. The third kappa shape index (κ3) is 6.85. The Morgan fingerprint density at radius 3 is 2.11 bits per heavy atom. The van der Waals surface area contributed by atoms with Crippen LogP contribution in [0.2, 0.25) is 5.02 Å². The molecule has 0 aliphatic heterocycles. The Morgan fingerprint density at radius 2 is 1.58 bits per heavy atom. The highest BCUT2D eigenvalue weighted by Gasteiger charge is 2.33. The van der Waals surface area contributed by atoms with E-state index in [2.05, 4.69) is 5.32 Å². The molecule has 8 nitrogen and oxygen atoms in total. The normalized spacial score (nSPS) is 11.9. The summed E-state index contributed by atoms with van der Waals surface area (Å²) >= 11 is 6.05. The summed E-state index contributed by atoms with van der Waals surface area (Å²) in [6.45, 7) is 3.25. The average molecular weight is 558 g/mol. The molecule has 0 unspecified atom stereocenters. The molecule has 0 spiro atoms. The number of anilines is 1. The summed E-state index contributed by atoms with van der Waals surface area (Å²) in [6, 6.07) is 19.0. The van der Waals surface area contributed by atoms with Crippen LogP contribution < -0.4 is 14.4 Å². The number of amides is 2. The lowest BCUT2D eigenvalue weighted by molar-refractivity contribution is -0.140. The van der Waals surface area contributed by atoms with Gasteiger partial charge in [0.15, 0.2) is 0 Å². The monoisotopic (exact) mass is 557 g/mol. The van der Waals surface area contributed by atoms with Gasteiger partial charge in [-0.3, -0.25) is 13.9 Å². The lowest BCUT2D eigenvalue weighted by Gasteiger charge is -2.33. The molecule has 0 bridgehead atoms. The van der Waals surface area contributed by atoms with Gasteiger partial charge in [-0.25, -0.2) is 8.42 Å². The second kappa shape index (κ2) is 12.8. The van der Waals surface area contributed by atoms with E-state index < -0.39 is 28.5 Å². The number of rotatable bonds is 11. The van der Waals surface area contributed by atoms with Gasteiger partial charge < -0.3 is 15.0 Å². The van der Waals surface area contributed by atoms with E-state index in [1.165, 1.54) is 24.1 Å². The number of nitrogens with one attached hydrogen (secondary N) is 1. The number of ether oxygens (including phenoxy) is 1. The van der Waals surface area contributed by atoms with E-state index in [1.807, 2.05) is 6.92 Å². The van der Waals surface area contributed by atoms with Gasteiger partial charge in [-0.2, -0.15) is 0 Å². The smallest absolute Gasteiger partial charge is 0.264 e. The molecule has 10 heteroatoms. The van der Waals surface area contributed by atoms with E-state index in [4.69, 9.17) is 16.3 Å². The average Bonchev–Trinajstić information content (AvgIpc) is 2.92. The number of benzene rings is 3. The predicted octanol–water partition coefficient (Wildman–Crippen LogP) is 4.41. The second-order valence-corrected chi connectivity index (χ2v) is 11.0. The van der Waals surface area contributed by atoms with Crippen LogP contribution in [0.25, 0.3) is 0 Å². The van der Waals surface area contributed by atoms with Crippen LogP contribution in [-0.2, 0) is 26.2 Å². The van der Waals surface area contributed by atoms with Gasteiger partial charge in [-0.15, -0.1) is 0 Å². The van der Waals surface area contributed by atoms with E-state index in [0.717, 1.165) is 15.4 Å². The SMILES string of the molecule is CC[C@H](C(=O)NC)N(Cc1ccc(OC)cc1)C(=O)CN(c1ccc(Cl)cc1)S(=O)(=O)c1ccc(C)cc1. The van der Waals surface area contributed by atoms with Crippen molar-refractivity contribution in [1.82, 2.24) is 10.2 Å². The van der Waals surface area contributed by atoms with Crippen LogP contribution >= 0.6 is 11.6 Å². The van der Waals surface area contributed by atoms with Crippen molar-refractivity contribution in [2.75, 3.05) is 25.0 Å². The number of halogens is 1. The molecule has 0 fully saturated rings. The maximum Gasteiger partial charge on any atom is 0.264 e. The molecule has 3 rings (SSSR count). The first-order valence-electron chi connectivity index (χ1n) is 12.1. The number of hydrogen-bond acceptors (Lipinski definition) is 5. The number of sulfonamides is 1. The molecular weight excluding hydrogens is 526 g/mol. The highest BCUT2D eigenvalue weighted by molar-refractivity contribution is 7.92. The summed E-state index contributed by atoms with van der Waals surface area (Å²) in [5.41, 5.74) is 1.95. The Labute approximate surface area is 229 Å². The van der Waals surface area contributed by atoms with Gasteiger partial charge in [0.05, 0.1) is 17.7 Å². The highest BCUT2D eigenvalue weighted by atomic mass is 35.5. The zero-order valence-corrected chi connectivity index (χ0v) is 23.4. The van der Waals surface area contributed by atoms with Crippen molar-refractivity contribution in [1.29, 1.82) is 0 Å². The highest BCUT2D eigenvalue weighted by Crippen LogP contribution is 2.26. The van der Waals surface area contributed by atoms with E-state index in [-0.39, 0.29) is 23.0 Å². The Bertz CT molecular complexity index is 1340. The van der Waals surface area contributed by atoms with Crippen LogP contribution in [-0.4, -0.2) is 51.9 Å². The maximum absolute atomic E-state index is 13.9. The quantitative estimate of drug-likeness (QED) is 0.377. The van der Waals surface area contributed by atoms with E-state index in [1.54, 1.807) is 74.7 Å². The number of methoxy groups -OCH3 is 1. The number of carbonyl (C=O) groups is 2. The topological polar surface area (TPSA) is 96.0 Å². The van der Waals surface area contributed by atoms with Crippen molar-refractivity contribution in [3.63, 3.8) is 0 Å². The molecule has 38 heavy (non-hydrogen) atoms. The van der Waals surface area contributed by atoms with Gasteiger partial charge in [0.2, 0.25) is 11.8 Å². The lowest BCUT2D eigenvalue weighted by atomic mass is 10.1. The second-order valence-electron chi connectivity index (χ2n) is 8.71. The Kier molecular flexibility index (Phi) is 9.77. The third-order valence-electron chi connectivity index (χ3n) is 6.15. The lowest BCUT2D eigenvalue weighted by Crippen LogP contribution is -2.51. The van der Waals surface area contributed by atoms with Crippen LogP contribution in [0.4, 0.5) is 5.69 Å². The summed E-state index contributed by atoms with van der Waals surface area (Å²) in [5.74, 6) is -0.209. The van der Waals surface area contributed by atoms with Crippen LogP contribution in [0.3, 0.4) is 0 Å². The van der Waals surface area contributed by atoms with Gasteiger partial charge in [0.25, 0.3) is 10.0 Å². The van der Waals surface area contributed by atoms with Crippen LogP contribution in [0, 0.1) is 6.92 Å². The zero-order valence-electron chi connectivity index (χ0n) is 21.8. The molecule has 0 aliphatic rings. The Hall–Kier alpha value is -3.56. The minimum absolute atomic E-state index is 0.0471. The third-order valence-corrected chi connectivity index (χ3v) is 8.19. The minimum Gasteiger partial charge on any atom is -0.497 e. The van der Waals surface area contributed by atoms with Gasteiger partial charge >= 0.3 is 0 Å². The number of hydrogen-bond donors (Lipinski definition) is 1. The predicted molar refractivity (Wildman–Crippen MR) is 149 cm³/mol. The summed E-state index contributed by atoms with van der Waals surface area (Å²) in [4.78, 5) is 28.1. The molecule has 2 amide bonds. The fraction of sp³-hybridized carbons (Fsp3) is 0.286. The van der Waals surface area contributed by atoms with Crippen LogP contribution in [0.1, 0.15) is 24.5 Å². The molecular formula is C28H32ClN3O5S. The molecule has 3 aromatic carbocycles. The summed E-state index contributed by atoms with van der Waals surface area (Å²) in [6.07, 6.45) is 0.341. The molecule has 0 radical (unpaired) electrons. The fourth-order valence-electron chi connectivity index (χ4n) is 3.99. The largest absolute Gasteiger partial charge is 0.497 e. The molecule has 1 N–H and O–H groups in total. The van der Waals surface area contributed by atoms with Crippen molar-refractivity contribution in [2.45, 2.75) is 37.8 Å². The van der Waals surface area contributed by atoms with Crippen LogP contribution in [0.5, 0.6) is 5.75 Å². The first-order chi connectivity index (χ1) is 18.1. The summed E-state index contributed by atoms with van der Waals surface area (Å²) in [5, 5.41) is 3.04. The number of aryl methyl sites for hydroxylation is 1. The summed E-state index contributed by atoms with van der Waals surface area (Å²) in [7, 11) is -1.06. The van der Waals surface area contributed by atoms with Crippen molar-refractivity contribution in [3.05, 3.63) is 88.9 Å². The van der Waals surface area contributed by atoms with Crippen molar-refractivity contribution in [3.8, 4) is 5.75 Å². The first kappa shape index (κ1) is 29.0. The molecule has 3 aromatic rings. The van der Waals surface area contributed by atoms with E-state index >= 15 is 0 Å². The first-order valence-corrected chi connectivity index (χ1v) is 13.9.